The van der Waals surface area contributed by atoms with E-state index in [1.165, 1.54) is 43.4 Å². The molecule has 3 aromatic rings. The monoisotopic (exact) mass is 433 g/mol. The Balaban J connectivity index is 1.99. The Morgan fingerprint density at radius 1 is 0.938 bits per heavy atom. The molecule has 4 rings (SSSR count). The van der Waals surface area contributed by atoms with Gasteiger partial charge in [0.05, 0.1) is 25.8 Å². The molecule has 162 valence electrons. The first-order valence-electron chi connectivity index (χ1n) is 9.80. The van der Waals surface area contributed by atoms with E-state index < -0.39 is 23.5 Å². The van der Waals surface area contributed by atoms with E-state index in [1.54, 1.807) is 48.5 Å². The zero-order valence-corrected chi connectivity index (χ0v) is 17.4. The number of nitrogens with zero attached hydrogens (tertiary/aromatic N) is 1. The number of aliphatic hydroxyl groups excluding tert-OH is 1. The van der Waals surface area contributed by atoms with Crippen LogP contribution in [0.5, 0.6) is 11.5 Å². The van der Waals surface area contributed by atoms with E-state index in [2.05, 4.69) is 0 Å². The highest BCUT2D eigenvalue weighted by atomic mass is 19.1. The molecule has 3 aromatic carbocycles. The second kappa shape index (κ2) is 8.55. The second-order valence-corrected chi connectivity index (χ2v) is 7.12. The molecule has 0 radical (unpaired) electrons. The molecular weight excluding hydrogens is 413 g/mol. The van der Waals surface area contributed by atoms with Gasteiger partial charge in [0.2, 0.25) is 0 Å². The smallest absolute Gasteiger partial charge is 0.300 e. The highest BCUT2D eigenvalue weighted by Crippen LogP contribution is 2.45. The van der Waals surface area contributed by atoms with E-state index in [0.29, 0.717) is 28.3 Å². The number of benzene rings is 3. The lowest BCUT2D eigenvalue weighted by molar-refractivity contribution is -0.132. The highest BCUT2D eigenvalue weighted by molar-refractivity contribution is 6.51. The zero-order valence-electron chi connectivity index (χ0n) is 17.4. The molecule has 1 aliphatic rings. The summed E-state index contributed by atoms with van der Waals surface area (Å²) in [7, 11) is 2.97. The van der Waals surface area contributed by atoms with Crippen LogP contribution in [0.1, 0.15) is 17.2 Å². The largest absolute Gasteiger partial charge is 0.507 e. The number of carbonyl (C=O) groups excluding carboxylic acids is 2. The van der Waals surface area contributed by atoms with Crippen molar-refractivity contribution in [1.29, 1.82) is 0 Å². The molecule has 0 spiro atoms. The summed E-state index contributed by atoms with van der Waals surface area (Å²) in [5.41, 5.74) is 1.08. The van der Waals surface area contributed by atoms with Gasteiger partial charge in [-0.15, -0.1) is 0 Å². The minimum atomic E-state index is -0.999. The van der Waals surface area contributed by atoms with Crippen molar-refractivity contribution >= 4 is 23.1 Å². The van der Waals surface area contributed by atoms with Gasteiger partial charge in [0, 0.05) is 22.9 Å². The van der Waals surface area contributed by atoms with Crippen molar-refractivity contribution in [3.05, 3.63) is 95.3 Å². The third-order valence-electron chi connectivity index (χ3n) is 5.33. The summed E-state index contributed by atoms with van der Waals surface area (Å²) < 4.78 is 24.3. The van der Waals surface area contributed by atoms with Crippen molar-refractivity contribution < 1.29 is 28.6 Å². The Hall–Kier alpha value is -4.13. The normalized spacial score (nSPS) is 17.5. The third-order valence-corrected chi connectivity index (χ3v) is 5.33. The molecule has 1 heterocycles. The molecule has 0 aromatic heterocycles. The number of methoxy groups -OCH3 is 2. The van der Waals surface area contributed by atoms with Crippen LogP contribution in [-0.4, -0.2) is 31.0 Å². The minimum absolute atomic E-state index is 0.0889. The molecule has 7 heteroatoms. The Kier molecular flexibility index (Phi) is 5.64. The molecule has 32 heavy (non-hydrogen) atoms. The van der Waals surface area contributed by atoms with Crippen molar-refractivity contribution in [3.8, 4) is 11.5 Å². The number of hydrogen-bond acceptors (Lipinski definition) is 5. The van der Waals surface area contributed by atoms with Crippen LogP contribution in [0, 0.1) is 5.82 Å². The summed E-state index contributed by atoms with van der Waals surface area (Å²) >= 11 is 0. The zero-order chi connectivity index (χ0) is 22.8. The number of carbonyl (C=O) groups is 2. The number of halogens is 1. The number of hydrogen-bond donors (Lipinski definition) is 1. The number of aliphatic hydroxyl groups is 1. The molecule has 1 saturated heterocycles. The van der Waals surface area contributed by atoms with Gasteiger partial charge in [0.1, 0.15) is 23.1 Å². The van der Waals surface area contributed by atoms with E-state index in [9.17, 15) is 19.1 Å². The Labute approximate surface area is 184 Å². The van der Waals surface area contributed by atoms with Crippen LogP contribution in [0.4, 0.5) is 10.1 Å². The van der Waals surface area contributed by atoms with Crippen LogP contribution in [0.25, 0.3) is 5.76 Å². The fourth-order valence-corrected chi connectivity index (χ4v) is 3.79. The molecule has 1 atom stereocenters. The summed E-state index contributed by atoms with van der Waals surface area (Å²) in [5, 5.41) is 11.1. The lowest BCUT2D eigenvalue weighted by Gasteiger charge is -2.27. The fourth-order valence-electron chi connectivity index (χ4n) is 3.79. The molecule has 6 nitrogen and oxygen atoms in total. The number of amides is 1. The number of ketones is 1. The van der Waals surface area contributed by atoms with Crippen LogP contribution in [0.15, 0.2) is 78.4 Å². The van der Waals surface area contributed by atoms with Gasteiger partial charge < -0.3 is 14.6 Å². The average molecular weight is 433 g/mol. The average Bonchev–Trinajstić information content (AvgIpc) is 3.09. The van der Waals surface area contributed by atoms with Crippen molar-refractivity contribution in [1.82, 2.24) is 0 Å². The predicted molar refractivity (Wildman–Crippen MR) is 117 cm³/mol. The van der Waals surface area contributed by atoms with Gasteiger partial charge in [0.15, 0.2) is 0 Å². The maximum Gasteiger partial charge on any atom is 0.300 e. The summed E-state index contributed by atoms with van der Waals surface area (Å²) in [4.78, 5) is 27.5. The van der Waals surface area contributed by atoms with Gasteiger partial charge in [-0.3, -0.25) is 14.5 Å². The van der Waals surface area contributed by atoms with E-state index in [-0.39, 0.29) is 11.3 Å². The van der Waals surface area contributed by atoms with Crippen molar-refractivity contribution in [2.75, 3.05) is 19.1 Å². The van der Waals surface area contributed by atoms with E-state index in [1.807, 2.05) is 0 Å². The van der Waals surface area contributed by atoms with Gasteiger partial charge in [-0.05, 0) is 36.4 Å². The first kappa shape index (κ1) is 21.1. The second-order valence-electron chi connectivity index (χ2n) is 7.12. The number of rotatable bonds is 5. The van der Waals surface area contributed by atoms with E-state index >= 15 is 0 Å². The quantitative estimate of drug-likeness (QED) is 0.365. The lowest BCUT2D eigenvalue weighted by atomic mass is 9.94. The Bertz CT molecular complexity index is 1200. The molecule has 1 amide bonds. The van der Waals surface area contributed by atoms with Crippen LogP contribution >= 0.6 is 0 Å². The van der Waals surface area contributed by atoms with Crippen molar-refractivity contribution in [2.45, 2.75) is 6.04 Å². The number of Topliss-reactive ketones (excluding diaryl/α,β-unsaturated/α-hetero) is 1. The summed E-state index contributed by atoms with van der Waals surface area (Å²) in [6.45, 7) is 0. The Morgan fingerprint density at radius 2 is 1.62 bits per heavy atom. The molecule has 1 N–H and O–H groups in total. The minimum Gasteiger partial charge on any atom is -0.507 e. The lowest BCUT2D eigenvalue weighted by Crippen LogP contribution is -2.29. The molecule has 1 unspecified atom stereocenters. The molecule has 0 bridgehead atoms. The number of anilines is 1. The van der Waals surface area contributed by atoms with Crippen LogP contribution in [-0.2, 0) is 9.59 Å². The SMILES string of the molecule is COc1ccc(C2/C(=C(\O)c3ccccc3)C(=O)C(=O)N2c2ccc(F)cc2)c(OC)c1. The molecule has 0 saturated carbocycles. The summed E-state index contributed by atoms with van der Waals surface area (Å²) in [6, 6.07) is 17.7. The summed E-state index contributed by atoms with van der Waals surface area (Å²) in [5.74, 6) is -1.59. The van der Waals surface area contributed by atoms with Gasteiger partial charge in [-0.2, -0.15) is 0 Å². The van der Waals surface area contributed by atoms with Crippen LogP contribution in [0.2, 0.25) is 0 Å². The third kappa shape index (κ3) is 3.58. The highest BCUT2D eigenvalue weighted by Gasteiger charge is 2.48. The molecule has 1 aliphatic heterocycles. The van der Waals surface area contributed by atoms with Crippen LogP contribution in [0.3, 0.4) is 0 Å². The first-order chi connectivity index (χ1) is 15.5. The van der Waals surface area contributed by atoms with Gasteiger partial charge in [0.25, 0.3) is 11.7 Å². The molecule has 0 aliphatic carbocycles. The standard InChI is InChI=1S/C25H20FNO5/c1-31-18-12-13-19(20(14-18)32-2)22-21(23(28)15-6-4-3-5-7-15)24(29)25(30)27(22)17-10-8-16(26)9-11-17/h3-14,22,28H,1-2H3/b23-21+. The number of ether oxygens (including phenoxy) is 2. The first-order valence-corrected chi connectivity index (χ1v) is 9.80. The van der Waals surface area contributed by atoms with E-state index in [4.69, 9.17) is 9.47 Å². The predicted octanol–water partition coefficient (Wildman–Crippen LogP) is 4.47. The summed E-state index contributed by atoms with van der Waals surface area (Å²) in [6.07, 6.45) is 0. The van der Waals surface area contributed by atoms with Crippen molar-refractivity contribution in [3.63, 3.8) is 0 Å². The van der Waals surface area contributed by atoms with Crippen molar-refractivity contribution in [2.24, 2.45) is 0 Å². The van der Waals surface area contributed by atoms with Gasteiger partial charge in [-0.25, -0.2) is 4.39 Å². The maximum atomic E-state index is 13.5. The van der Waals surface area contributed by atoms with E-state index in [0.717, 1.165) is 0 Å². The molecular formula is C25H20FNO5. The van der Waals surface area contributed by atoms with Crippen LogP contribution < -0.4 is 14.4 Å². The van der Waals surface area contributed by atoms with Gasteiger partial charge in [-0.1, -0.05) is 30.3 Å². The maximum absolute atomic E-state index is 13.5. The molecule has 1 fully saturated rings. The fraction of sp³-hybridized carbons (Fsp3) is 0.120. The Morgan fingerprint density at radius 3 is 2.25 bits per heavy atom. The topological polar surface area (TPSA) is 76.1 Å². The van der Waals surface area contributed by atoms with Gasteiger partial charge >= 0.3 is 0 Å².